The molecule has 1 N–H and O–H groups in total. The van der Waals surface area contributed by atoms with E-state index in [4.69, 9.17) is 11.6 Å². The summed E-state index contributed by atoms with van der Waals surface area (Å²) in [6.07, 6.45) is 6.33. The summed E-state index contributed by atoms with van der Waals surface area (Å²) in [4.78, 5) is 18.4. The first-order valence-corrected chi connectivity index (χ1v) is 9.12. The first-order valence-electron chi connectivity index (χ1n) is 8.74. The van der Waals surface area contributed by atoms with Gasteiger partial charge in [0.1, 0.15) is 0 Å². The first-order chi connectivity index (χ1) is 12.1. The number of nitrogens with one attached hydrogen (secondary N) is 1. The molecule has 0 radical (unpaired) electrons. The molecule has 0 saturated heterocycles. The fourth-order valence-electron chi connectivity index (χ4n) is 3.61. The zero-order chi connectivity index (χ0) is 17.7. The molecule has 0 spiro atoms. The van der Waals surface area contributed by atoms with Crippen LogP contribution in [-0.2, 0) is 12.0 Å². The number of hydrogen-bond acceptors (Lipinski definition) is 2. The third-order valence-corrected chi connectivity index (χ3v) is 5.32. The molecule has 1 aliphatic carbocycles. The highest BCUT2D eigenvalue weighted by atomic mass is 35.5. The van der Waals surface area contributed by atoms with Crippen molar-refractivity contribution >= 4 is 17.6 Å². The Morgan fingerprint density at radius 3 is 2.56 bits per heavy atom. The van der Waals surface area contributed by atoms with Crippen LogP contribution in [0.4, 0.5) is 4.79 Å². The summed E-state index contributed by atoms with van der Waals surface area (Å²) >= 11 is 6.03. The minimum absolute atomic E-state index is 0.0199. The van der Waals surface area contributed by atoms with Gasteiger partial charge in [-0.05, 0) is 42.7 Å². The Bertz CT molecular complexity index is 697. The Labute approximate surface area is 154 Å². The van der Waals surface area contributed by atoms with E-state index in [1.54, 1.807) is 18.1 Å². The number of benzene rings is 1. The Morgan fingerprint density at radius 2 is 1.92 bits per heavy atom. The lowest BCUT2D eigenvalue weighted by molar-refractivity contribution is 0.202. The molecule has 4 nitrogen and oxygen atoms in total. The molecule has 1 aromatic heterocycles. The van der Waals surface area contributed by atoms with Gasteiger partial charge in [0, 0.05) is 30.2 Å². The Morgan fingerprint density at radius 1 is 1.20 bits per heavy atom. The summed E-state index contributed by atoms with van der Waals surface area (Å²) in [7, 11) is 1.80. The maximum atomic E-state index is 12.5. The van der Waals surface area contributed by atoms with Gasteiger partial charge >= 0.3 is 6.03 Å². The van der Waals surface area contributed by atoms with Gasteiger partial charge in [-0.25, -0.2) is 4.79 Å². The molecule has 1 fully saturated rings. The average molecular weight is 358 g/mol. The smallest absolute Gasteiger partial charge is 0.317 e. The van der Waals surface area contributed by atoms with Crippen molar-refractivity contribution in [3.63, 3.8) is 0 Å². The van der Waals surface area contributed by atoms with Crippen LogP contribution in [0, 0.1) is 0 Å². The number of pyridine rings is 1. The molecule has 132 valence electrons. The third kappa shape index (κ3) is 4.31. The van der Waals surface area contributed by atoms with Crippen LogP contribution in [0.1, 0.15) is 36.9 Å². The predicted octanol–water partition coefficient (Wildman–Crippen LogP) is 4.39. The van der Waals surface area contributed by atoms with Crippen LogP contribution in [0.2, 0.25) is 5.02 Å². The molecule has 0 unspecified atom stereocenters. The van der Waals surface area contributed by atoms with Gasteiger partial charge in [0.05, 0.1) is 12.2 Å². The van der Waals surface area contributed by atoms with Gasteiger partial charge < -0.3 is 10.2 Å². The van der Waals surface area contributed by atoms with Crippen LogP contribution in [0.3, 0.4) is 0 Å². The number of urea groups is 1. The zero-order valence-electron chi connectivity index (χ0n) is 14.5. The number of carbonyl (C=O) groups excluding carboxylic acids is 1. The lowest BCUT2D eigenvalue weighted by Crippen LogP contribution is -2.44. The maximum absolute atomic E-state index is 12.5. The van der Waals surface area contributed by atoms with Gasteiger partial charge in [0.15, 0.2) is 0 Å². The van der Waals surface area contributed by atoms with Gasteiger partial charge in [0.2, 0.25) is 0 Å². The molecule has 1 heterocycles. The lowest BCUT2D eigenvalue weighted by Gasteiger charge is -2.31. The number of nitrogens with zero attached hydrogens (tertiary/aromatic N) is 2. The summed E-state index contributed by atoms with van der Waals surface area (Å²) in [5.41, 5.74) is 2.17. The van der Waals surface area contributed by atoms with E-state index in [-0.39, 0.29) is 11.4 Å². The minimum atomic E-state index is -0.0640. The van der Waals surface area contributed by atoms with Gasteiger partial charge in [-0.1, -0.05) is 42.6 Å². The zero-order valence-corrected chi connectivity index (χ0v) is 15.3. The summed E-state index contributed by atoms with van der Waals surface area (Å²) in [6.45, 7) is 1.15. The van der Waals surface area contributed by atoms with Crippen molar-refractivity contribution in [2.75, 3.05) is 13.6 Å². The topological polar surface area (TPSA) is 45.2 Å². The van der Waals surface area contributed by atoms with Crippen LogP contribution in [0.15, 0.2) is 48.7 Å². The first kappa shape index (κ1) is 17.7. The van der Waals surface area contributed by atoms with E-state index >= 15 is 0 Å². The van der Waals surface area contributed by atoms with Crippen LogP contribution in [-0.4, -0.2) is 29.5 Å². The van der Waals surface area contributed by atoms with E-state index in [9.17, 15) is 4.79 Å². The second kappa shape index (κ2) is 7.87. The normalized spacial score (nSPS) is 15.8. The van der Waals surface area contributed by atoms with E-state index in [2.05, 4.69) is 22.4 Å². The van der Waals surface area contributed by atoms with Gasteiger partial charge in [-0.2, -0.15) is 0 Å². The van der Waals surface area contributed by atoms with Crippen LogP contribution in [0.25, 0.3) is 0 Å². The number of amides is 2. The second-order valence-electron chi connectivity index (χ2n) is 6.83. The van der Waals surface area contributed by atoms with Gasteiger partial charge in [-0.15, -0.1) is 0 Å². The Hall–Kier alpha value is -2.07. The predicted molar refractivity (Wildman–Crippen MR) is 101 cm³/mol. The quantitative estimate of drug-likeness (QED) is 0.862. The van der Waals surface area contributed by atoms with Crippen LogP contribution < -0.4 is 5.32 Å². The Kier molecular flexibility index (Phi) is 5.59. The highest BCUT2D eigenvalue weighted by molar-refractivity contribution is 6.30. The SMILES string of the molecule is CN(Cc1ccccn1)C(=O)NCC1(c2ccc(Cl)cc2)CCCC1. The van der Waals surface area contributed by atoms with Crippen LogP contribution >= 0.6 is 11.6 Å². The third-order valence-electron chi connectivity index (χ3n) is 5.07. The standard InChI is InChI=1S/C20H24ClN3O/c1-24(14-18-6-2-5-13-22-18)19(25)23-15-20(11-3-4-12-20)16-7-9-17(21)10-8-16/h2,5-10,13H,3-4,11-12,14-15H2,1H3,(H,23,25). The van der Waals surface area contributed by atoms with E-state index in [0.717, 1.165) is 23.6 Å². The minimum Gasteiger partial charge on any atom is -0.337 e. The lowest BCUT2D eigenvalue weighted by atomic mass is 9.79. The van der Waals surface area contributed by atoms with Crippen molar-refractivity contribution in [1.29, 1.82) is 0 Å². The fraction of sp³-hybridized carbons (Fsp3) is 0.400. The molecule has 1 aromatic carbocycles. The van der Waals surface area contributed by atoms with Crippen molar-refractivity contribution in [3.8, 4) is 0 Å². The number of halogens is 1. The van der Waals surface area contributed by atoms with E-state index < -0.39 is 0 Å². The monoisotopic (exact) mass is 357 g/mol. The number of hydrogen-bond donors (Lipinski definition) is 1. The van der Waals surface area contributed by atoms with Crippen molar-refractivity contribution in [2.24, 2.45) is 0 Å². The van der Waals surface area contributed by atoms with Crippen molar-refractivity contribution in [1.82, 2.24) is 15.2 Å². The molecule has 25 heavy (non-hydrogen) atoms. The summed E-state index contributed by atoms with van der Waals surface area (Å²) in [5, 5.41) is 3.87. The summed E-state index contributed by atoms with van der Waals surface area (Å²) in [5.74, 6) is 0. The second-order valence-corrected chi connectivity index (χ2v) is 7.27. The molecule has 1 aliphatic rings. The molecular weight excluding hydrogens is 334 g/mol. The molecule has 0 bridgehead atoms. The number of aromatic nitrogens is 1. The van der Waals surface area contributed by atoms with Crippen LogP contribution in [0.5, 0.6) is 0 Å². The van der Waals surface area contributed by atoms with Crippen molar-refractivity contribution in [2.45, 2.75) is 37.6 Å². The highest BCUT2D eigenvalue weighted by Gasteiger charge is 2.36. The molecule has 3 rings (SSSR count). The molecule has 5 heteroatoms. The molecule has 0 atom stereocenters. The highest BCUT2D eigenvalue weighted by Crippen LogP contribution is 2.40. The maximum Gasteiger partial charge on any atom is 0.317 e. The van der Waals surface area contributed by atoms with E-state index in [1.165, 1.54) is 18.4 Å². The number of rotatable bonds is 5. The Balaban J connectivity index is 1.63. The van der Waals surface area contributed by atoms with Gasteiger partial charge in [0.25, 0.3) is 0 Å². The van der Waals surface area contributed by atoms with E-state index in [1.807, 2.05) is 30.3 Å². The largest absolute Gasteiger partial charge is 0.337 e. The fourth-order valence-corrected chi connectivity index (χ4v) is 3.73. The summed E-state index contributed by atoms with van der Waals surface area (Å²) in [6, 6.07) is 13.7. The molecule has 2 aromatic rings. The van der Waals surface area contributed by atoms with Gasteiger partial charge in [-0.3, -0.25) is 4.98 Å². The van der Waals surface area contributed by atoms with Crippen molar-refractivity contribution < 1.29 is 4.79 Å². The molecule has 0 aliphatic heterocycles. The van der Waals surface area contributed by atoms with E-state index in [0.29, 0.717) is 13.1 Å². The van der Waals surface area contributed by atoms with Crippen molar-refractivity contribution in [3.05, 3.63) is 64.9 Å². The average Bonchev–Trinajstić information content (AvgIpc) is 3.11. The number of carbonyl (C=O) groups is 1. The summed E-state index contributed by atoms with van der Waals surface area (Å²) < 4.78 is 0. The molecular formula is C20H24ClN3O. The molecule has 2 amide bonds. The molecule has 1 saturated carbocycles.